The van der Waals surface area contributed by atoms with Crippen LogP contribution in [0.5, 0.6) is 0 Å². The first-order valence-electron chi connectivity index (χ1n) is 10.1. The molecule has 0 bridgehead atoms. The molecule has 0 spiro atoms. The van der Waals surface area contributed by atoms with E-state index in [4.69, 9.17) is 0 Å². The van der Waals surface area contributed by atoms with Crippen LogP contribution in [0.1, 0.15) is 49.1 Å². The fraction of sp³-hybridized carbons (Fsp3) is 0.565. The lowest BCUT2D eigenvalue weighted by atomic mass is 9.75. The van der Waals surface area contributed by atoms with Crippen LogP contribution < -0.4 is 0 Å². The van der Waals surface area contributed by atoms with Crippen LogP contribution in [0.2, 0.25) is 0 Å². The van der Waals surface area contributed by atoms with Gasteiger partial charge in [-0.05, 0) is 44.6 Å². The number of carbonyl (C=O) groups is 1. The van der Waals surface area contributed by atoms with Gasteiger partial charge in [0, 0.05) is 17.4 Å². The number of hydrogen-bond acceptors (Lipinski definition) is 4. The fourth-order valence-electron chi connectivity index (χ4n) is 4.32. The van der Waals surface area contributed by atoms with Crippen LogP contribution in [-0.4, -0.2) is 60.1 Å². The van der Waals surface area contributed by atoms with E-state index in [0.29, 0.717) is 5.92 Å². The summed E-state index contributed by atoms with van der Waals surface area (Å²) in [7, 11) is 3.63. The molecule has 1 saturated heterocycles. The Morgan fingerprint density at radius 3 is 2.46 bits per heavy atom. The quantitative estimate of drug-likeness (QED) is 0.816. The fourth-order valence-corrected chi connectivity index (χ4v) is 4.32. The zero-order valence-electron chi connectivity index (χ0n) is 16.8. The highest BCUT2D eigenvalue weighted by Gasteiger charge is 2.51. The highest BCUT2D eigenvalue weighted by atomic mass is 16.3. The molecule has 1 aromatic rings. The molecule has 28 heavy (non-hydrogen) atoms. The van der Waals surface area contributed by atoms with Gasteiger partial charge < -0.3 is 14.9 Å². The molecule has 2 aliphatic rings. The third-order valence-electron chi connectivity index (χ3n) is 5.79. The van der Waals surface area contributed by atoms with E-state index < -0.39 is 6.04 Å². The number of likely N-dealkylation sites (tertiary alicyclic amines) is 1. The molecule has 5 nitrogen and oxygen atoms in total. The molecule has 1 heterocycles. The Morgan fingerprint density at radius 1 is 1.21 bits per heavy atom. The lowest BCUT2D eigenvalue weighted by Gasteiger charge is -2.51. The number of hydrogen-bond donors (Lipinski definition) is 1. The van der Waals surface area contributed by atoms with Gasteiger partial charge in [0.2, 0.25) is 5.91 Å². The van der Waals surface area contributed by atoms with Crippen molar-refractivity contribution in [3.63, 3.8) is 0 Å². The van der Waals surface area contributed by atoms with Gasteiger partial charge in [0.25, 0.3) is 0 Å². The van der Waals surface area contributed by atoms with Crippen molar-refractivity contribution in [2.45, 2.75) is 50.1 Å². The molecule has 3 atom stereocenters. The smallest absolute Gasteiger partial charge is 0.238 e. The summed E-state index contributed by atoms with van der Waals surface area (Å²) in [4.78, 5) is 15.7. The average molecular weight is 380 g/mol. The number of aliphatic hydroxyl groups is 1. The second kappa shape index (κ2) is 9.24. The Hall–Kier alpha value is -2.34. The summed E-state index contributed by atoms with van der Waals surface area (Å²) in [5, 5.41) is 19.4. The summed E-state index contributed by atoms with van der Waals surface area (Å²) in [5.41, 5.74) is 1.95. The molecule has 2 fully saturated rings. The Morgan fingerprint density at radius 2 is 1.89 bits per heavy atom. The molecule has 1 aliphatic carbocycles. The lowest BCUT2D eigenvalue weighted by Crippen LogP contribution is -2.66. The Labute approximate surface area is 167 Å². The van der Waals surface area contributed by atoms with E-state index in [2.05, 4.69) is 17.9 Å². The van der Waals surface area contributed by atoms with Gasteiger partial charge in [-0.3, -0.25) is 4.79 Å². The largest absolute Gasteiger partial charge is 0.394 e. The van der Waals surface area contributed by atoms with E-state index in [0.717, 1.165) is 11.1 Å². The third-order valence-corrected chi connectivity index (χ3v) is 5.79. The summed E-state index contributed by atoms with van der Waals surface area (Å²) in [6.45, 7) is 0.0857. The topological polar surface area (TPSA) is 67.6 Å². The maximum Gasteiger partial charge on any atom is 0.238 e. The van der Waals surface area contributed by atoms with Crippen molar-refractivity contribution in [2.75, 3.05) is 27.2 Å². The average Bonchev–Trinajstić information content (AvgIpc) is 2.67. The van der Waals surface area contributed by atoms with Crippen molar-refractivity contribution in [2.24, 2.45) is 5.92 Å². The minimum Gasteiger partial charge on any atom is -0.394 e. The standard InChI is InChI=1S/C23H29N3O2/c1-25(2)15-22(28)26-20(14-24)23(21(26)16-27)19-12-10-18(11-13-19)9-8-17-6-4-3-5-7-17/h10-13,17,20-21,23,27H,3-7,15-16H2,1-2H3/t20-,21-,23-/m1/s1. The first-order chi connectivity index (χ1) is 13.5. The van der Waals surface area contributed by atoms with E-state index in [1.807, 2.05) is 38.4 Å². The molecule has 0 aromatic heterocycles. The molecule has 0 radical (unpaired) electrons. The number of aliphatic hydroxyl groups excluding tert-OH is 1. The van der Waals surface area contributed by atoms with Gasteiger partial charge in [-0.25, -0.2) is 0 Å². The van der Waals surface area contributed by atoms with Crippen molar-refractivity contribution in [1.29, 1.82) is 5.26 Å². The second-order valence-electron chi connectivity index (χ2n) is 8.11. The Balaban J connectivity index is 1.71. The highest BCUT2D eigenvalue weighted by molar-refractivity contribution is 5.81. The first kappa shape index (κ1) is 20.4. The van der Waals surface area contributed by atoms with Gasteiger partial charge >= 0.3 is 0 Å². The molecular weight excluding hydrogens is 350 g/mol. The number of nitrogens with zero attached hydrogens (tertiary/aromatic N) is 3. The molecule has 148 valence electrons. The molecule has 3 rings (SSSR count). The molecular formula is C23H29N3O2. The van der Waals surface area contributed by atoms with Crippen LogP contribution in [0.4, 0.5) is 0 Å². The zero-order valence-corrected chi connectivity index (χ0v) is 16.8. The minimum absolute atomic E-state index is 0.123. The van der Waals surface area contributed by atoms with Crippen LogP contribution in [0.15, 0.2) is 24.3 Å². The summed E-state index contributed by atoms with van der Waals surface area (Å²) in [6.07, 6.45) is 6.29. The number of benzene rings is 1. The molecule has 1 aliphatic heterocycles. The van der Waals surface area contributed by atoms with Gasteiger partial charge in [-0.2, -0.15) is 5.26 Å². The van der Waals surface area contributed by atoms with E-state index in [9.17, 15) is 15.2 Å². The molecule has 1 aromatic carbocycles. The van der Waals surface area contributed by atoms with Crippen molar-refractivity contribution in [3.05, 3.63) is 35.4 Å². The van der Waals surface area contributed by atoms with Crippen LogP contribution >= 0.6 is 0 Å². The number of amides is 1. The lowest BCUT2D eigenvalue weighted by molar-refractivity contribution is -0.147. The van der Waals surface area contributed by atoms with Crippen LogP contribution in [0, 0.1) is 29.1 Å². The molecule has 1 amide bonds. The molecule has 1 saturated carbocycles. The van der Waals surface area contributed by atoms with Gasteiger partial charge in [0.1, 0.15) is 6.04 Å². The summed E-state index contributed by atoms with van der Waals surface area (Å²) in [5.74, 6) is 6.90. The van der Waals surface area contributed by atoms with Crippen molar-refractivity contribution in [1.82, 2.24) is 9.80 Å². The van der Waals surface area contributed by atoms with Crippen molar-refractivity contribution < 1.29 is 9.90 Å². The van der Waals surface area contributed by atoms with Gasteiger partial charge in [-0.15, -0.1) is 0 Å². The van der Waals surface area contributed by atoms with Crippen molar-refractivity contribution in [3.8, 4) is 17.9 Å². The van der Waals surface area contributed by atoms with Crippen LogP contribution in [-0.2, 0) is 4.79 Å². The molecule has 5 heteroatoms. The summed E-state index contributed by atoms with van der Waals surface area (Å²) < 4.78 is 0. The Kier molecular flexibility index (Phi) is 6.73. The number of carbonyl (C=O) groups excluding carboxylic acids is 1. The second-order valence-corrected chi connectivity index (χ2v) is 8.11. The van der Waals surface area contributed by atoms with E-state index in [1.54, 1.807) is 4.90 Å². The van der Waals surface area contributed by atoms with Gasteiger partial charge in [0.05, 0.1) is 25.3 Å². The predicted molar refractivity (Wildman–Crippen MR) is 108 cm³/mol. The number of rotatable bonds is 4. The van der Waals surface area contributed by atoms with E-state index >= 15 is 0 Å². The maximum absolute atomic E-state index is 12.4. The van der Waals surface area contributed by atoms with Crippen LogP contribution in [0.25, 0.3) is 0 Å². The zero-order chi connectivity index (χ0) is 20.1. The highest BCUT2D eigenvalue weighted by Crippen LogP contribution is 2.40. The molecule has 0 unspecified atom stereocenters. The number of nitriles is 1. The van der Waals surface area contributed by atoms with E-state index in [-0.39, 0.29) is 31.0 Å². The monoisotopic (exact) mass is 379 g/mol. The van der Waals surface area contributed by atoms with Gasteiger partial charge in [-0.1, -0.05) is 43.2 Å². The normalized spacial score (nSPS) is 24.8. The SMILES string of the molecule is CN(C)CC(=O)N1[C@H](C#N)[C@@H](c2ccc(C#CC3CCCCC3)cc2)[C@H]1CO. The van der Waals surface area contributed by atoms with Crippen molar-refractivity contribution >= 4 is 5.91 Å². The summed E-state index contributed by atoms with van der Waals surface area (Å²) in [6, 6.07) is 9.29. The van der Waals surface area contributed by atoms with E-state index in [1.165, 1.54) is 37.0 Å². The first-order valence-corrected chi connectivity index (χ1v) is 10.1. The maximum atomic E-state index is 12.4. The predicted octanol–water partition coefficient (Wildman–Crippen LogP) is 2.36. The third kappa shape index (κ3) is 4.38. The molecule has 1 N–H and O–H groups in total. The number of likely N-dealkylation sites (N-methyl/N-ethyl adjacent to an activating group) is 1. The van der Waals surface area contributed by atoms with Crippen LogP contribution in [0.3, 0.4) is 0 Å². The van der Waals surface area contributed by atoms with Gasteiger partial charge in [0.15, 0.2) is 0 Å². The Bertz CT molecular complexity index is 779. The minimum atomic E-state index is -0.538. The summed E-state index contributed by atoms with van der Waals surface area (Å²) >= 11 is 0.